The van der Waals surface area contributed by atoms with Gasteiger partial charge < -0.3 is 14.2 Å². The number of rotatable bonds is 4. The van der Waals surface area contributed by atoms with Crippen LogP contribution in [0.25, 0.3) is 11.4 Å². The topological polar surface area (TPSA) is 53.5 Å². The molecule has 2 aromatic heterocycles. The lowest BCUT2D eigenvalue weighted by atomic mass is 10.1. The SMILES string of the molecule is COc1cccc(C#Cc2ccc(-c3ccc(C#Cc4cc(OC)cc(OC)c4)cn3)nc2)c1. The van der Waals surface area contributed by atoms with Crippen molar-refractivity contribution in [2.45, 2.75) is 0 Å². The van der Waals surface area contributed by atoms with E-state index in [1.165, 1.54) is 0 Å². The van der Waals surface area contributed by atoms with Crippen LogP contribution in [0.15, 0.2) is 79.1 Å². The minimum atomic E-state index is 0.694. The summed E-state index contributed by atoms with van der Waals surface area (Å²) >= 11 is 0. The third-order valence-electron chi connectivity index (χ3n) is 4.91. The number of nitrogens with zero attached hydrogens (tertiary/aromatic N) is 2. The molecule has 5 heteroatoms. The van der Waals surface area contributed by atoms with E-state index in [1.807, 2.05) is 66.7 Å². The molecule has 166 valence electrons. The van der Waals surface area contributed by atoms with Crippen LogP contribution in [0.2, 0.25) is 0 Å². The molecule has 5 nitrogen and oxygen atoms in total. The summed E-state index contributed by atoms with van der Waals surface area (Å²) in [5, 5.41) is 0. The summed E-state index contributed by atoms with van der Waals surface area (Å²) in [4.78, 5) is 9.01. The third-order valence-corrected chi connectivity index (χ3v) is 4.91. The van der Waals surface area contributed by atoms with Crippen molar-refractivity contribution in [1.29, 1.82) is 0 Å². The van der Waals surface area contributed by atoms with Gasteiger partial charge in [0.1, 0.15) is 17.2 Å². The first-order valence-electron chi connectivity index (χ1n) is 10.5. The van der Waals surface area contributed by atoms with Crippen molar-refractivity contribution in [1.82, 2.24) is 9.97 Å². The molecule has 0 bridgehead atoms. The van der Waals surface area contributed by atoms with Crippen molar-refractivity contribution < 1.29 is 14.2 Å². The first kappa shape index (κ1) is 22.5. The van der Waals surface area contributed by atoms with E-state index in [0.29, 0.717) is 11.5 Å². The van der Waals surface area contributed by atoms with E-state index in [4.69, 9.17) is 14.2 Å². The Kier molecular flexibility index (Phi) is 7.08. The molecule has 4 rings (SSSR count). The highest BCUT2D eigenvalue weighted by atomic mass is 16.5. The highest BCUT2D eigenvalue weighted by Crippen LogP contribution is 2.22. The molecule has 0 radical (unpaired) electrons. The van der Waals surface area contributed by atoms with Crippen molar-refractivity contribution in [3.05, 3.63) is 101 Å². The van der Waals surface area contributed by atoms with E-state index >= 15 is 0 Å². The van der Waals surface area contributed by atoms with Crippen LogP contribution >= 0.6 is 0 Å². The Morgan fingerprint density at radius 3 is 1.50 bits per heavy atom. The van der Waals surface area contributed by atoms with Gasteiger partial charge in [0.25, 0.3) is 0 Å². The van der Waals surface area contributed by atoms with Crippen LogP contribution in [-0.2, 0) is 0 Å². The van der Waals surface area contributed by atoms with Gasteiger partial charge in [0.05, 0.1) is 32.7 Å². The summed E-state index contributed by atoms with van der Waals surface area (Å²) in [5.74, 6) is 14.7. The molecule has 0 atom stereocenters. The molecule has 0 saturated carbocycles. The lowest BCUT2D eigenvalue weighted by Gasteiger charge is -2.04. The van der Waals surface area contributed by atoms with Crippen molar-refractivity contribution >= 4 is 0 Å². The summed E-state index contributed by atoms with van der Waals surface area (Å²) in [6.45, 7) is 0. The second kappa shape index (κ2) is 10.7. The fraction of sp³-hybridized carbons (Fsp3) is 0.103. The zero-order valence-corrected chi connectivity index (χ0v) is 19.1. The average molecular weight is 447 g/mol. The molecule has 0 saturated heterocycles. The van der Waals surface area contributed by atoms with Gasteiger partial charge in [0, 0.05) is 40.7 Å². The third kappa shape index (κ3) is 5.73. The summed E-state index contributed by atoms with van der Waals surface area (Å²) in [6, 6.07) is 20.8. The van der Waals surface area contributed by atoms with Gasteiger partial charge in [0.2, 0.25) is 0 Å². The predicted octanol–water partition coefficient (Wildman–Crippen LogP) is 4.97. The Balaban J connectivity index is 1.47. The van der Waals surface area contributed by atoms with Crippen LogP contribution in [0.1, 0.15) is 22.3 Å². The molecule has 0 unspecified atom stereocenters. The lowest BCUT2D eigenvalue weighted by Crippen LogP contribution is -1.90. The molecule has 0 N–H and O–H groups in total. The molecule has 0 aliphatic carbocycles. The van der Waals surface area contributed by atoms with Crippen LogP contribution in [0.4, 0.5) is 0 Å². The van der Waals surface area contributed by atoms with Crippen LogP contribution in [0, 0.1) is 23.7 Å². The monoisotopic (exact) mass is 446 g/mol. The molecular formula is C29H22N2O3. The van der Waals surface area contributed by atoms with Crippen molar-refractivity contribution in [3.63, 3.8) is 0 Å². The first-order chi connectivity index (χ1) is 16.7. The molecular weight excluding hydrogens is 424 g/mol. The number of ether oxygens (including phenoxy) is 3. The van der Waals surface area contributed by atoms with Crippen molar-refractivity contribution in [2.24, 2.45) is 0 Å². The maximum atomic E-state index is 5.29. The second-order valence-corrected chi connectivity index (χ2v) is 7.20. The van der Waals surface area contributed by atoms with Crippen LogP contribution < -0.4 is 14.2 Å². The lowest BCUT2D eigenvalue weighted by molar-refractivity contribution is 0.394. The van der Waals surface area contributed by atoms with E-state index < -0.39 is 0 Å². The fourth-order valence-electron chi connectivity index (χ4n) is 3.11. The summed E-state index contributed by atoms with van der Waals surface area (Å²) in [6.07, 6.45) is 3.48. The Hall–Kier alpha value is -4.74. The van der Waals surface area contributed by atoms with Gasteiger partial charge in [-0.15, -0.1) is 0 Å². The van der Waals surface area contributed by atoms with Gasteiger partial charge in [-0.25, -0.2) is 0 Å². The standard InChI is InChI=1S/C29H22N2O3/c1-32-25-6-4-5-21(15-25)7-8-22-11-13-28(30-19-22)29-14-12-23(20-31-29)9-10-24-16-26(33-2)18-27(17-24)34-3/h4-6,11-20H,1-3H3. The molecule has 34 heavy (non-hydrogen) atoms. The van der Waals surface area contributed by atoms with E-state index in [-0.39, 0.29) is 0 Å². The van der Waals surface area contributed by atoms with Gasteiger partial charge in [-0.2, -0.15) is 0 Å². The number of benzene rings is 2. The van der Waals surface area contributed by atoms with Gasteiger partial charge in [0.15, 0.2) is 0 Å². The number of methoxy groups -OCH3 is 3. The molecule has 2 heterocycles. The molecule has 4 aromatic rings. The molecule has 2 aromatic carbocycles. The van der Waals surface area contributed by atoms with Crippen molar-refractivity contribution in [2.75, 3.05) is 21.3 Å². The van der Waals surface area contributed by atoms with Crippen LogP contribution in [0.3, 0.4) is 0 Å². The highest BCUT2D eigenvalue weighted by molar-refractivity contribution is 5.57. The minimum absolute atomic E-state index is 0.694. The van der Waals surface area contributed by atoms with Crippen molar-refractivity contribution in [3.8, 4) is 52.3 Å². The van der Waals surface area contributed by atoms with Crippen LogP contribution in [0.5, 0.6) is 17.2 Å². The largest absolute Gasteiger partial charge is 0.497 e. The van der Waals surface area contributed by atoms with E-state index in [2.05, 4.69) is 33.6 Å². The van der Waals surface area contributed by atoms with Gasteiger partial charge in [-0.1, -0.05) is 29.7 Å². The molecule has 0 fully saturated rings. The molecule has 0 aliphatic rings. The summed E-state index contributed by atoms with van der Waals surface area (Å²) in [5.41, 5.74) is 4.83. The Morgan fingerprint density at radius 1 is 0.500 bits per heavy atom. The Labute approximate surface area is 199 Å². The van der Waals surface area contributed by atoms with Crippen LogP contribution in [-0.4, -0.2) is 31.3 Å². The normalized spacial score (nSPS) is 9.74. The van der Waals surface area contributed by atoms with Gasteiger partial charge in [-0.3, -0.25) is 9.97 Å². The number of hydrogen-bond donors (Lipinski definition) is 0. The average Bonchev–Trinajstić information content (AvgIpc) is 2.91. The maximum absolute atomic E-state index is 5.29. The maximum Gasteiger partial charge on any atom is 0.123 e. The second-order valence-electron chi connectivity index (χ2n) is 7.20. The quantitative estimate of drug-likeness (QED) is 0.415. The fourth-order valence-corrected chi connectivity index (χ4v) is 3.11. The predicted molar refractivity (Wildman–Crippen MR) is 132 cm³/mol. The number of pyridine rings is 2. The van der Waals surface area contributed by atoms with Gasteiger partial charge >= 0.3 is 0 Å². The highest BCUT2D eigenvalue weighted by Gasteiger charge is 2.02. The Morgan fingerprint density at radius 2 is 1.00 bits per heavy atom. The summed E-state index contributed by atoms with van der Waals surface area (Å²) < 4.78 is 15.8. The molecule has 0 amide bonds. The smallest absolute Gasteiger partial charge is 0.123 e. The number of aromatic nitrogens is 2. The van der Waals surface area contributed by atoms with E-state index in [1.54, 1.807) is 33.7 Å². The first-order valence-corrected chi connectivity index (χ1v) is 10.5. The van der Waals surface area contributed by atoms with E-state index in [0.717, 1.165) is 39.4 Å². The minimum Gasteiger partial charge on any atom is -0.497 e. The van der Waals surface area contributed by atoms with E-state index in [9.17, 15) is 0 Å². The Bertz CT molecular complexity index is 1380. The zero-order chi connectivity index (χ0) is 23.8. The zero-order valence-electron chi connectivity index (χ0n) is 19.1. The summed E-state index contributed by atoms with van der Waals surface area (Å²) in [7, 11) is 4.87. The van der Waals surface area contributed by atoms with Gasteiger partial charge in [-0.05, 0) is 54.6 Å². The number of hydrogen-bond acceptors (Lipinski definition) is 5. The molecule has 0 spiro atoms. The molecule has 0 aliphatic heterocycles.